The van der Waals surface area contributed by atoms with Gasteiger partial charge in [-0.2, -0.15) is 0 Å². The molecule has 0 atom stereocenters. The quantitative estimate of drug-likeness (QED) is 0.923. The Morgan fingerprint density at radius 1 is 1.19 bits per heavy atom. The van der Waals surface area contributed by atoms with Gasteiger partial charge in [-0.15, -0.1) is 0 Å². The van der Waals surface area contributed by atoms with Gasteiger partial charge in [0.05, 0.1) is 18.9 Å². The van der Waals surface area contributed by atoms with Crippen molar-refractivity contribution in [3.8, 4) is 0 Å². The Kier molecular flexibility index (Phi) is 4.13. The van der Waals surface area contributed by atoms with Gasteiger partial charge in [0.25, 0.3) is 0 Å². The second-order valence-electron chi connectivity index (χ2n) is 7.15. The first-order valence-corrected chi connectivity index (χ1v) is 7.93. The number of aromatic nitrogens is 2. The molecule has 1 aromatic rings. The lowest BCUT2D eigenvalue weighted by molar-refractivity contribution is -0.00439. The Balaban J connectivity index is 1.52. The van der Waals surface area contributed by atoms with Gasteiger partial charge in [0.15, 0.2) is 0 Å². The zero-order valence-corrected chi connectivity index (χ0v) is 13.3. The first-order valence-electron chi connectivity index (χ1n) is 7.93. The second-order valence-corrected chi connectivity index (χ2v) is 7.15. The summed E-state index contributed by atoms with van der Waals surface area (Å²) in [6, 6.07) is 3.35. The van der Waals surface area contributed by atoms with Crippen molar-refractivity contribution in [2.75, 3.05) is 31.6 Å². The third kappa shape index (κ3) is 3.52. The van der Waals surface area contributed by atoms with Crippen LogP contribution in [0, 0.1) is 0 Å². The van der Waals surface area contributed by atoms with Gasteiger partial charge < -0.3 is 10.1 Å². The minimum absolute atomic E-state index is 0.0648. The van der Waals surface area contributed by atoms with Crippen LogP contribution >= 0.6 is 0 Å². The summed E-state index contributed by atoms with van der Waals surface area (Å²) in [5.74, 6) is 0.959. The Morgan fingerprint density at radius 3 is 2.57 bits per heavy atom. The van der Waals surface area contributed by atoms with Crippen LogP contribution in [0.4, 0.5) is 5.82 Å². The number of hydrogen-bond acceptors (Lipinski definition) is 5. The molecule has 2 fully saturated rings. The second kappa shape index (κ2) is 5.89. The van der Waals surface area contributed by atoms with E-state index in [4.69, 9.17) is 4.74 Å². The van der Waals surface area contributed by atoms with E-state index in [1.807, 2.05) is 0 Å². The first-order chi connectivity index (χ1) is 10.0. The van der Waals surface area contributed by atoms with Gasteiger partial charge in [0, 0.05) is 36.7 Å². The van der Waals surface area contributed by atoms with Crippen molar-refractivity contribution in [2.24, 2.45) is 0 Å². The Labute approximate surface area is 127 Å². The van der Waals surface area contributed by atoms with Crippen LogP contribution in [0.25, 0.3) is 0 Å². The van der Waals surface area contributed by atoms with Crippen LogP contribution in [0.1, 0.15) is 39.3 Å². The molecule has 0 spiro atoms. The molecule has 5 nitrogen and oxygen atoms in total. The van der Waals surface area contributed by atoms with Gasteiger partial charge >= 0.3 is 0 Å². The summed E-state index contributed by atoms with van der Waals surface area (Å²) in [6.07, 6.45) is 4.07. The molecule has 1 N–H and O–H groups in total. The highest BCUT2D eigenvalue weighted by Gasteiger charge is 2.34. The fourth-order valence-electron chi connectivity index (χ4n) is 3.00. The summed E-state index contributed by atoms with van der Waals surface area (Å²) >= 11 is 0. The van der Waals surface area contributed by atoms with E-state index in [-0.39, 0.29) is 5.41 Å². The number of hydrogen-bond donors (Lipinski definition) is 1. The molecule has 1 aliphatic heterocycles. The number of nitrogens with one attached hydrogen (secondary N) is 1. The van der Waals surface area contributed by atoms with Crippen molar-refractivity contribution in [1.29, 1.82) is 0 Å². The van der Waals surface area contributed by atoms with Crippen molar-refractivity contribution in [3.05, 3.63) is 18.1 Å². The minimum Gasteiger partial charge on any atom is -0.379 e. The van der Waals surface area contributed by atoms with Crippen LogP contribution in [-0.2, 0) is 10.2 Å². The van der Waals surface area contributed by atoms with E-state index in [0.717, 1.165) is 43.9 Å². The predicted molar refractivity (Wildman–Crippen MR) is 83.6 cm³/mol. The van der Waals surface area contributed by atoms with E-state index in [9.17, 15) is 0 Å². The largest absolute Gasteiger partial charge is 0.379 e. The number of ether oxygens (including phenoxy) is 1. The zero-order chi connectivity index (χ0) is 14.9. The highest BCUT2D eigenvalue weighted by atomic mass is 16.5. The van der Waals surface area contributed by atoms with Crippen LogP contribution in [0.15, 0.2) is 12.4 Å². The molecule has 0 amide bonds. The Bertz CT molecular complexity index is 473. The standard InChI is InChI=1S/C16H26N4O/c1-16(2,3)14-10-15(18-11-17-14)19-12-8-13(9-12)20-4-6-21-7-5-20/h10-13H,4-9H2,1-3H3,(H,17,18,19). The molecule has 1 aromatic heterocycles. The molecular weight excluding hydrogens is 264 g/mol. The smallest absolute Gasteiger partial charge is 0.129 e. The fourth-order valence-corrected chi connectivity index (χ4v) is 3.00. The lowest BCUT2D eigenvalue weighted by Crippen LogP contribution is -2.53. The lowest BCUT2D eigenvalue weighted by atomic mass is 9.85. The molecule has 2 heterocycles. The van der Waals surface area contributed by atoms with E-state index in [2.05, 4.69) is 47.0 Å². The number of anilines is 1. The van der Waals surface area contributed by atoms with Gasteiger partial charge in [0.1, 0.15) is 12.1 Å². The molecule has 3 rings (SSSR count). The molecule has 1 saturated carbocycles. The van der Waals surface area contributed by atoms with E-state index in [1.165, 1.54) is 12.8 Å². The predicted octanol–water partition coefficient (Wildman–Crippen LogP) is 2.05. The van der Waals surface area contributed by atoms with Crippen molar-refractivity contribution in [3.63, 3.8) is 0 Å². The van der Waals surface area contributed by atoms with Crippen LogP contribution in [-0.4, -0.2) is 53.3 Å². The van der Waals surface area contributed by atoms with Crippen molar-refractivity contribution >= 4 is 5.82 Å². The number of nitrogens with zero attached hydrogens (tertiary/aromatic N) is 3. The third-order valence-electron chi connectivity index (χ3n) is 4.46. The monoisotopic (exact) mass is 290 g/mol. The molecule has 0 unspecified atom stereocenters. The minimum atomic E-state index is 0.0648. The van der Waals surface area contributed by atoms with Gasteiger partial charge in [-0.05, 0) is 12.8 Å². The zero-order valence-electron chi connectivity index (χ0n) is 13.3. The summed E-state index contributed by atoms with van der Waals surface area (Å²) in [4.78, 5) is 11.3. The first kappa shape index (κ1) is 14.7. The molecule has 21 heavy (non-hydrogen) atoms. The molecular formula is C16H26N4O. The molecule has 5 heteroatoms. The average Bonchev–Trinajstić information content (AvgIpc) is 2.43. The van der Waals surface area contributed by atoms with Gasteiger partial charge in [-0.25, -0.2) is 9.97 Å². The van der Waals surface area contributed by atoms with Crippen molar-refractivity contribution in [2.45, 2.75) is 51.1 Å². The summed E-state index contributed by atoms with van der Waals surface area (Å²) in [6.45, 7) is 10.5. The summed E-state index contributed by atoms with van der Waals surface area (Å²) in [5, 5.41) is 3.55. The SMILES string of the molecule is CC(C)(C)c1cc(NC2CC(N3CCOCC3)C2)ncn1. The van der Waals surface area contributed by atoms with E-state index in [1.54, 1.807) is 6.33 Å². The van der Waals surface area contributed by atoms with E-state index >= 15 is 0 Å². The maximum absolute atomic E-state index is 5.41. The van der Waals surface area contributed by atoms with Crippen LogP contribution in [0.3, 0.4) is 0 Å². The maximum atomic E-state index is 5.41. The summed E-state index contributed by atoms with van der Waals surface area (Å²) < 4.78 is 5.41. The normalized spacial score (nSPS) is 27.2. The van der Waals surface area contributed by atoms with Crippen molar-refractivity contribution in [1.82, 2.24) is 14.9 Å². The Hall–Kier alpha value is -1.20. The molecule has 116 valence electrons. The lowest BCUT2D eigenvalue weighted by Gasteiger charge is -2.44. The van der Waals surface area contributed by atoms with E-state index in [0.29, 0.717) is 6.04 Å². The van der Waals surface area contributed by atoms with E-state index < -0.39 is 0 Å². The topological polar surface area (TPSA) is 50.3 Å². The van der Waals surface area contributed by atoms with Crippen LogP contribution in [0.2, 0.25) is 0 Å². The molecule has 0 radical (unpaired) electrons. The number of morpholine rings is 1. The highest BCUT2D eigenvalue weighted by molar-refractivity contribution is 5.38. The Morgan fingerprint density at radius 2 is 1.90 bits per heavy atom. The fraction of sp³-hybridized carbons (Fsp3) is 0.750. The van der Waals surface area contributed by atoms with Crippen LogP contribution in [0.5, 0.6) is 0 Å². The van der Waals surface area contributed by atoms with Gasteiger partial charge in [0.2, 0.25) is 0 Å². The molecule has 2 aliphatic rings. The molecule has 0 aromatic carbocycles. The summed E-state index contributed by atoms with van der Waals surface area (Å²) in [7, 11) is 0. The molecule has 1 saturated heterocycles. The summed E-state index contributed by atoms with van der Waals surface area (Å²) in [5.41, 5.74) is 1.15. The van der Waals surface area contributed by atoms with Gasteiger partial charge in [-0.3, -0.25) is 4.90 Å². The van der Waals surface area contributed by atoms with Crippen molar-refractivity contribution < 1.29 is 4.74 Å². The average molecular weight is 290 g/mol. The maximum Gasteiger partial charge on any atom is 0.129 e. The third-order valence-corrected chi connectivity index (χ3v) is 4.46. The van der Waals surface area contributed by atoms with Crippen LogP contribution < -0.4 is 5.32 Å². The van der Waals surface area contributed by atoms with Gasteiger partial charge in [-0.1, -0.05) is 20.8 Å². The highest BCUT2D eigenvalue weighted by Crippen LogP contribution is 2.29. The molecule has 0 bridgehead atoms. The number of rotatable bonds is 3. The molecule has 1 aliphatic carbocycles.